The van der Waals surface area contributed by atoms with Crippen LogP contribution >= 0.6 is 0 Å². The Bertz CT molecular complexity index is 327. The Morgan fingerprint density at radius 1 is 1.27 bits per heavy atom. The van der Waals surface area contributed by atoms with Gasteiger partial charge in [-0.2, -0.15) is 0 Å². The molecule has 0 aliphatic carbocycles. The minimum absolute atomic E-state index is 0.0424. The number of hydrogen-bond acceptors (Lipinski definition) is 2. The van der Waals surface area contributed by atoms with E-state index < -0.39 is 0 Å². The molecule has 1 aliphatic rings. The minimum atomic E-state index is -0.0424. The van der Waals surface area contributed by atoms with Gasteiger partial charge >= 0.3 is 0 Å². The van der Waals surface area contributed by atoms with Crippen LogP contribution in [0.4, 0.5) is 0 Å². The SMILES string of the molecule is Cc1cccc(OC2CCCCO2)c1C. The maximum atomic E-state index is 5.84. The largest absolute Gasteiger partial charge is 0.465 e. The Kier molecular flexibility index (Phi) is 3.27. The van der Waals surface area contributed by atoms with Gasteiger partial charge in [0.2, 0.25) is 0 Å². The lowest BCUT2D eigenvalue weighted by Crippen LogP contribution is -2.25. The van der Waals surface area contributed by atoms with Gasteiger partial charge in [0.1, 0.15) is 5.75 Å². The third-order valence-corrected chi connectivity index (χ3v) is 2.95. The minimum Gasteiger partial charge on any atom is -0.465 e. The second-order valence-electron chi connectivity index (χ2n) is 4.11. The summed E-state index contributed by atoms with van der Waals surface area (Å²) in [5.74, 6) is 0.960. The van der Waals surface area contributed by atoms with E-state index in [1.165, 1.54) is 17.5 Å². The molecule has 0 saturated carbocycles. The molecule has 1 atom stereocenters. The molecule has 0 radical (unpaired) electrons. The van der Waals surface area contributed by atoms with E-state index in [-0.39, 0.29) is 6.29 Å². The zero-order valence-corrected chi connectivity index (χ0v) is 9.45. The van der Waals surface area contributed by atoms with E-state index >= 15 is 0 Å². The molecule has 0 bridgehead atoms. The second kappa shape index (κ2) is 4.67. The van der Waals surface area contributed by atoms with Crippen molar-refractivity contribution in [2.45, 2.75) is 39.4 Å². The topological polar surface area (TPSA) is 18.5 Å². The molecule has 2 heteroatoms. The van der Waals surface area contributed by atoms with E-state index in [0.717, 1.165) is 25.2 Å². The summed E-state index contributed by atoms with van der Waals surface area (Å²) in [4.78, 5) is 0. The zero-order valence-electron chi connectivity index (χ0n) is 9.45. The first-order chi connectivity index (χ1) is 7.27. The third kappa shape index (κ3) is 2.51. The van der Waals surface area contributed by atoms with Crippen LogP contribution in [-0.4, -0.2) is 12.9 Å². The molecule has 1 saturated heterocycles. The van der Waals surface area contributed by atoms with Crippen molar-refractivity contribution in [2.75, 3.05) is 6.61 Å². The maximum Gasteiger partial charge on any atom is 0.199 e. The fourth-order valence-electron chi connectivity index (χ4n) is 1.80. The molecule has 15 heavy (non-hydrogen) atoms. The lowest BCUT2D eigenvalue weighted by atomic mass is 10.1. The number of aryl methyl sites for hydroxylation is 1. The maximum absolute atomic E-state index is 5.84. The van der Waals surface area contributed by atoms with Crippen molar-refractivity contribution < 1.29 is 9.47 Å². The summed E-state index contributed by atoms with van der Waals surface area (Å²) < 4.78 is 11.4. The fraction of sp³-hybridized carbons (Fsp3) is 0.538. The number of benzene rings is 1. The molecule has 2 nitrogen and oxygen atoms in total. The molecule has 1 aliphatic heterocycles. The lowest BCUT2D eigenvalue weighted by Gasteiger charge is -2.24. The van der Waals surface area contributed by atoms with Gasteiger partial charge in [-0.05, 0) is 43.9 Å². The van der Waals surface area contributed by atoms with Gasteiger partial charge in [0.25, 0.3) is 0 Å². The summed E-state index contributed by atoms with van der Waals surface area (Å²) in [6.45, 7) is 5.02. The molecule has 82 valence electrons. The molecule has 0 N–H and O–H groups in total. The highest BCUT2D eigenvalue weighted by Gasteiger charge is 2.16. The van der Waals surface area contributed by atoms with E-state index in [2.05, 4.69) is 19.9 Å². The van der Waals surface area contributed by atoms with Crippen LogP contribution in [0.15, 0.2) is 18.2 Å². The monoisotopic (exact) mass is 206 g/mol. The van der Waals surface area contributed by atoms with Crippen LogP contribution in [0.5, 0.6) is 5.75 Å². The van der Waals surface area contributed by atoms with Crippen molar-refractivity contribution in [1.29, 1.82) is 0 Å². The Hall–Kier alpha value is -1.02. The normalized spacial score (nSPS) is 21.3. The summed E-state index contributed by atoms with van der Waals surface area (Å²) in [7, 11) is 0. The molecule has 1 unspecified atom stereocenters. The molecule has 0 amide bonds. The van der Waals surface area contributed by atoms with Gasteiger partial charge in [-0.15, -0.1) is 0 Å². The summed E-state index contributed by atoms with van der Waals surface area (Å²) >= 11 is 0. The Morgan fingerprint density at radius 3 is 2.87 bits per heavy atom. The average Bonchev–Trinajstić information content (AvgIpc) is 2.26. The summed E-state index contributed by atoms with van der Waals surface area (Å²) in [5, 5.41) is 0. The van der Waals surface area contributed by atoms with Crippen molar-refractivity contribution in [3.05, 3.63) is 29.3 Å². The van der Waals surface area contributed by atoms with Gasteiger partial charge < -0.3 is 9.47 Å². The van der Waals surface area contributed by atoms with E-state index in [4.69, 9.17) is 9.47 Å². The van der Waals surface area contributed by atoms with Crippen molar-refractivity contribution in [2.24, 2.45) is 0 Å². The molecule has 1 aromatic carbocycles. The van der Waals surface area contributed by atoms with Crippen LogP contribution in [0, 0.1) is 13.8 Å². The number of ether oxygens (including phenoxy) is 2. The van der Waals surface area contributed by atoms with Crippen molar-refractivity contribution in [3.8, 4) is 5.75 Å². The highest BCUT2D eigenvalue weighted by atomic mass is 16.7. The van der Waals surface area contributed by atoms with Gasteiger partial charge in [0.05, 0.1) is 6.61 Å². The van der Waals surface area contributed by atoms with Crippen LogP contribution in [0.2, 0.25) is 0 Å². The lowest BCUT2D eigenvalue weighted by molar-refractivity contribution is -0.106. The van der Waals surface area contributed by atoms with Crippen LogP contribution in [0.25, 0.3) is 0 Å². The van der Waals surface area contributed by atoms with Crippen LogP contribution < -0.4 is 4.74 Å². The molecule has 0 spiro atoms. The molecule has 1 heterocycles. The van der Waals surface area contributed by atoms with E-state index in [1.807, 2.05) is 12.1 Å². The predicted molar refractivity (Wildman–Crippen MR) is 60.1 cm³/mol. The van der Waals surface area contributed by atoms with Crippen LogP contribution in [-0.2, 0) is 4.74 Å². The van der Waals surface area contributed by atoms with Gasteiger partial charge in [-0.1, -0.05) is 12.1 Å². The predicted octanol–water partition coefficient (Wildman–Crippen LogP) is 3.21. The van der Waals surface area contributed by atoms with Crippen molar-refractivity contribution in [3.63, 3.8) is 0 Å². The van der Waals surface area contributed by atoms with Gasteiger partial charge in [-0.3, -0.25) is 0 Å². The molecule has 1 aromatic rings. The van der Waals surface area contributed by atoms with E-state index in [9.17, 15) is 0 Å². The van der Waals surface area contributed by atoms with Gasteiger partial charge in [-0.25, -0.2) is 0 Å². The Labute approximate surface area is 91.2 Å². The summed E-state index contributed by atoms with van der Waals surface area (Å²) in [6, 6.07) is 6.14. The van der Waals surface area contributed by atoms with Crippen molar-refractivity contribution >= 4 is 0 Å². The zero-order chi connectivity index (χ0) is 10.7. The Morgan fingerprint density at radius 2 is 2.13 bits per heavy atom. The molecular weight excluding hydrogens is 188 g/mol. The highest BCUT2D eigenvalue weighted by Crippen LogP contribution is 2.24. The average molecular weight is 206 g/mol. The summed E-state index contributed by atoms with van der Waals surface area (Å²) in [6.07, 6.45) is 3.33. The first kappa shape index (κ1) is 10.5. The molecule has 2 rings (SSSR count). The quantitative estimate of drug-likeness (QED) is 0.739. The molecule has 1 fully saturated rings. The number of rotatable bonds is 2. The number of hydrogen-bond donors (Lipinski definition) is 0. The fourth-order valence-corrected chi connectivity index (χ4v) is 1.80. The second-order valence-corrected chi connectivity index (χ2v) is 4.11. The van der Waals surface area contributed by atoms with Crippen molar-refractivity contribution in [1.82, 2.24) is 0 Å². The standard InChI is InChI=1S/C13H18O2/c1-10-6-5-7-12(11(10)2)15-13-8-3-4-9-14-13/h5-7,13H,3-4,8-9H2,1-2H3. The first-order valence-electron chi connectivity index (χ1n) is 5.62. The van der Waals surface area contributed by atoms with Crippen LogP contribution in [0.1, 0.15) is 30.4 Å². The molecule has 0 aromatic heterocycles. The third-order valence-electron chi connectivity index (χ3n) is 2.95. The van der Waals surface area contributed by atoms with E-state index in [1.54, 1.807) is 0 Å². The van der Waals surface area contributed by atoms with Gasteiger partial charge in [0, 0.05) is 6.42 Å². The van der Waals surface area contributed by atoms with Gasteiger partial charge in [0.15, 0.2) is 6.29 Å². The van der Waals surface area contributed by atoms with E-state index in [0.29, 0.717) is 0 Å². The smallest absolute Gasteiger partial charge is 0.199 e. The molecular formula is C13H18O2. The first-order valence-corrected chi connectivity index (χ1v) is 5.62. The summed E-state index contributed by atoms with van der Waals surface area (Å²) in [5.41, 5.74) is 2.48. The Balaban J connectivity index is 2.06. The highest BCUT2D eigenvalue weighted by molar-refractivity contribution is 5.38. The van der Waals surface area contributed by atoms with Crippen LogP contribution in [0.3, 0.4) is 0 Å².